The molecule has 0 aliphatic heterocycles. The lowest BCUT2D eigenvalue weighted by Gasteiger charge is -2.07. The van der Waals surface area contributed by atoms with Gasteiger partial charge in [0, 0.05) is 18.2 Å². The molecule has 1 aromatic carbocycles. The number of hydrogen-bond acceptors (Lipinski definition) is 3. The molecule has 0 bridgehead atoms. The molecule has 3 N–H and O–H groups in total. The molecule has 0 saturated heterocycles. The van der Waals surface area contributed by atoms with E-state index in [1.165, 1.54) is 0 Å². The molecule has 5 nitrogen and oxygen atoms in total. The zero-order valence-electron chi connectivity index (χ0n) is 13.8. The summed E-state index contributed by atoms with van der Waals surface area (Å²) in [5.41, 5.74) is 10.3. The first-order valence-electron chi connectivity index (χ1n) is 8.29. The summed E-state index contributed by atoms with van der Waals surface area (Å²) in [7, 11) is 0. The molecule has 24 heavy (non-hydrogen) atoms. The molecule has 0 radical (unpaired) electrons. The summed E-state index contributed by atoms with van der Waals surface area (Å²) in [5.74, 6) is -0.0127. The zero-order valence-corrected chi connectivity index (χ0v) is 13.8. The van der Waals surface area contributed by atoms with Crippen LogP contribution in [0.5, 0.6) is 0 Å². The number of anilines is 1. The second-order valence-electron chi connectivity index (χ2n) is 5.71. The van der Waals surface area contributed by atoms with Gasteiger partial charge in [0.05, 0.1) is 17.1 Å². The van der Waals surface area contributed by atoms with Gasteiger partial charge >= 0.3 is 0 Å². The lowest BCUT2D eigenvalue weighted by atomic mass is 10.1. The highest BCUT2D eigenvalue weighted by Gasteiger charge is 2.13. The summed E-state index contributed by atoms with van der Waals surface area (Å²) >= 11 is 0. The molecule has 1 amide bonds. The fraction of sp³-hybridized carbons (Fsp3) is 0.263. The molecule has 5 heteroatoms. The fourth-order valence-electron chi connectivity index (χ4n) is 2.82. The summed E-state index contributed by atoms with van der Waals surface area (Å²) in [5, 5.41) is 2.93. The summed E-state index contributed by atoms with van der Waals surface area (Å²) in [6, 6.07) is 14.0. The average Bonchev–Trinajstić information content (AvgIpc) is 2.98. The van der Waals surface area contributed by atoms with Crippen LogP contribution in [0.1, 0.15) is 25.5 Å². The number of aryl methyl sites for hydroxylation is 1. The Bertz CT molecular complexity index is 839. The van der Waals surface area contributed by atoms with Gasteiger partial charge in [-0.05, 0) is 31.5 Å². The molecule has 3 rings (SSSR count). The summed E-state index contributed by atoms with van der Waals surface area (Å²) in [6.45, 7) is 2.64. The van der Waals surface area contributed by atoms with Crippen molar-refractivity contribution in [1.82, 2.24) is 9.38 Å². The molecule has 0 saturated carbocycles. The molecule has 0 fully saturated rings. The predicted molar refractivity (Wildman–Crippen MR) is 96.9 cm³/mol. The first kappa shape index (κ1) is 16.2. The van der Waals surface area contributed by atoms with Gasteiger partial charge in [0.15, 0.2) is 0 Å². The van der Waals surface area contributed by atoms with Crippen molar-refractivity contribution in [2.45, 2.75) is 26.2 Å². The Morgan fingerprint density at radius 1 is 1.21 bits per heavy atom. The molecule has 0 aliphatic carbocycles. The quantitative estimate of drug-likeness (QED) is 0.732. The number of rotatable bonds is 6. The van der Waals surface area contributed by atoms with Crippen molar-refractivity contribution in [3.8, 4) is 11.3 Å². The minimum Gasteiger partial charge on any atom is -0.330 e. The number of amides is 1. The number of nitrogens with one attached hydrogen (secondary N) is 1. The highest BCUT2D eigenvalue weighted by Crippen LogP contribution is 2.26. The normalized spacial score (nSPS) is 10.9. The standard InChI is InChI=1S/C19H22N4O/c1-2-16-19(14-7-4-3-5-8-14)22-17-11-10-15(13-23(16)17)21-18(24)9-6-12-20/h3-5,7-8,10-11,13H,2,6,9,12,20H2,1H3,(H,21,24). The van der Waals surface area contributed by atoms with Crippen LogP contribution in [0.4, 0.5) is 5.69 Å². The number of nitrogens with zero attached hydrogens (tertiary/aromatic N) is 2. The molecule has 124 valence electrons. The van der Waals surface area contributed by atoms with Crippen LogP contribution in [0.2, 0.25) is 0 Å². The van der Waals surface area contributed by atoms with Gasteiger partial charge in [0.2, 0.25) is 5.91 Å². The summed E-state index contributed by atoms with van der Waals surface area (Å²) in [6.07, 6.45) is 3.93. The monoisotopic (exact) mass is 322 g/mol. The van der Waals surface area contributed by atoms with Gasteiger partial charge in [-0.25, -0.2) is 4.98 Å². The molecular weight excluding hydrogens is 300 g/mol. The largest absolute Gasteiger partial charge is 0.330 e. The third kappa shape index (κ3) is 3.31. The second-order valence-corrected chi connectivity index (χ2v) is 5.71. The number of nitrogens with two attached hydrogens (primary N) is 1. The van der Waals surface area contributed by atoms with E-state index in [9.17, 15) is 4.79 Å². The number of fused-ring (bicyclic) bond motifs is 1. The van der Waals surface area contributed by atoms with E-state index in [2.05, 4.69) is 28.8 Å². The van der Waals surface area contributed by atoms with Gasteiger partial charge in [-0.3, -0.25) is 4.79 Å². The van der Waals surface area contributed by atoms with Crippen molar-refractivity contribution in [3.05, 3.63) is 54.4 Å². The third-order valence-corrected chi connectivity index (χ3v) is 3.99. The van der Waals surface area contributed by atoms with E-state index < -0.39 is 0 Å². The highest BCUT2D eigenvalue weighted by atomic mass is 16.1. The Kier molecular flexibility index (Phi) is 4.91. The minimum absolute atomic E-state index is 0.0127. The van der Waals surface area contributed by atoms with E-state index in [-0.39, 0.29) is 5.91 Å². The van der Waals surface area contributed by atoms with Gasteiger partial charge in [0.1, 0.15) is 5.65 Å². The number of imidazole rings is 1. The molecule has 2 heterocycles. The van der Waals surface area contributed by atoms with Gasteiger partial charge in [-0.1, -0.05) is 37.3 Å². The molecule has 2 aromatic heterocycles. The lowest BCUT2D eigenvalue weighted by molar-refractivity contribution is -0.116. The van der Waals surface area contributed by atoms with Crippen LogP contribution in [0.15, 0.2) is 48.7 Å². The van der Waals surface area contributed by atoms with Gasteiger partial charge in [-0.2, -0.15) is 0 Å². The van der Waals surface area contributed by atoms with Crippen molar-refractivity contribution in [2.75, 3.05) is 11.9 Å². The summed E-state index contributed by atoms with van der Waals surface area (Å²) in [4.78, 5) is 16.7. The fourth-order valence-corrected chi connectivity index (χ4v) is 2.82. The Labute approximate surface area is 141 Å². The molecule has 0 aliphatic rings. The van der Waals surface area contributed by atoms with Gasteiger partial charge in [0.25, 0.3) is 0 Å². The van der Waals surface area contributed by atoms with Crippen molar-refractivity contribution in [2.24, 2.45) is 5.73 Å². The topological polar surface area (TPSA) is 72.4 Å². The molecule has 3 aromatic rings. The van der Waals surface area contributed by atoms with Crippen LogP contribution >= 0.6 is 0 Å². The third-order valence-electron chi connectivity index (χ3n) is 3.99. The van der Waals surface area contributed by atoms with Crippen molar-refractivity contribution >= 4 is 17.2 Å². The Morgan fingerprint density at radius 3 is 2.71 bits per heavy atom. The molecular formula is C19H22N4O. The number of hydrogen-bond donors (Lipinski definition) is 2. The van der Waals surface area contributed by atoms with Crippen LogP contribution in [-0.4, -0.2) is 21.8 Å². The van der Waals surface area contributed by atoms with Crippen molar-refractivity contribution in [1.29, 1.82) is 0 Å². The van der Waals surface area contributed by atoms with Crippen LogP contribution in [0.3, 0.4) is 0 Å². The highest BCUT2D eigenvalue weighted by molar-refractivity contribution is 5.90. The Hall–Kier alpha value is -2.66. The maximum atomic E-state index is 11.9. The summed E-state index contributed by atoms with van der Waals surface area (Å²) < 4.78 is 2.06. The number of aromatic nitrogens is 2. The minimum atomic E-state index is -0.0127. The van der Waals surface area contributed by atoms with E-state index >= 15 is 0 Å². The maximum Gasteiger partial charge on any atom is 0.224 e. The van der Waals surface area contributed by atoms with E-state index in [0.717, 1.165) is 34.7 Å². The molecule has 0 atom stereocenters. The van der Waals surface area contributed by atoms with Crippen LogP contribution in [0, 0.1) is 0 Å². The van der Waals surface area contributed by atoms with Crippen LogP contribution in [0.25, 0.3) is 16.9 Å². The lowest BCUT2D eigenvalue weighted by Crippen LogP contribution is -2.13. The van der Waals surface area contributed by atoms with Crippen LogP contribution in [-0.2, 0) is 11.2 Å². The van der Waals surface area contributed by atoms with Crippen LogP contribution < -0.4 is 11.1 Å². The average molecular weight is 322 g/mol. The maximum absolute atomic E-state index is 11.9. The smallest absolute Gasteiger partial charge is 0.224 e. The number of carbonyl (C=O) groups is 1. The molecule has 0 spiro atoms. The van der Waals surface area contributed by atoms with E-state index in [1.54, 1.807) is 0 Å². The zero-order chi connectivity index (χ0) is 16.9. The van der Waals surface area contributed by atoms with Crippen molar-refractivity contribution in [3.63, 3.8) is 0 Å². The predicted octanol–water partition coefficient (Wildman–Crippen LogP) is 3.24. The molecule has 0 unspecified atom stereocenters. The number of carbonyl (C=O) groups excluding carboxylic acids is 1. The van der Waals surface area contributed by atoms with Gasteiger partial charge in [-0.15, -0.1) is 0 Å². The second kappa shape index (κ2) is 7.27. The number of benzene rings is 1. The number of pyridine rings is 1. The SMILES string of the molecule is CCc1c(-c2ccccc2)nc2ccc(NC(=O)CCCN)cn12. The van der Waals surface area contributed by atoms with E-state index in [4.69, 9.17) is 10.7 Å². The van der Waals surface area contributed by atoms with E-state index in [1.807, 2.05) is 36.5 Å². The Morgan fingerprint density at radius 2 is 2.00 bits per heavy atom. The van der Waals surface area contributed by atoms with E-state index in [0.29, 0.717) is 19.4 Å². The first-order valence-corrected chi connectivity index (χ1v) is 8.29. The van der Waals surface area contributed by atoms with Crippen molar-refractivity contribution < 1.29 is 4.79 Å². The first-order chi connectivity index (χ1) is 11.7. The van der Waals surface area contributed by atoms with Gasteiger partial charge < -0.3 is 15.5 Å². The Balaban J connectivity index is 1.96.